The smallest absolute Gasteiger partial charge is 0.303 e. The standard InChI is InChI=1S/C42H35NO7/c44-33-20-17-25-12-7-8-15-27(25)37(33)38-28-18-19-29-36(41(50)43(40(29)49)21-9-16-35(46)47)31(28)22-32-39(48)30(24-10-3-1-4-11-24)23-34(45)42(32,38)26-13-5-2-6-14-26/h1-8,10-15,17-18,20,23,29,31-32,36,38,44H,9,16,19,21-22H2,(H,46,47)/t29-,31+,32-,36-,38+,42-/m0/s1. The first-order valence-corrected chi connectivity index (χ1v) is 17.1. The van der Waals surface area contributed by atoms with Gasteiger partial charge >= 0.3 is 5.97 Å². The van der Waals surface area contributed by atoms with Crippen LogP contribution in [0.1, 0.15) is 48.3 Å². The Morgan fingerprint density at radius 2 is 1.52 bits per heavy atom. The van der Waals surface area contributed by atoms with Crippen molar-refractivity contribution in [2.24, 2.45) is 23.7 Å². The number of ketones is 2. The maximum absolute atomic E-state index is 15.2. The summed E-state index contributed by atoms with van der Waals surface area (Å²) in [7, 11) is 0. The van der Waals surface area contributed by atoms with Crippen molar-refractivity contribution in [3.05, 3.63) is 131 Å². The highest BCUT2D eigenvalue weighted by molar-refractivity contribution is 6.32. The molecular weight excluding hydrogens is 630 g/mol. The molecule has 8 nitrogen and oxygen atoms in total. The summed E-state index contributed by atoms with van der Waals surface area (Å²) in [6.45, 7) is 0.00223. The zero-order valence-electron chi connectivity index (χ0n) is 27.2. The van der Waals surface area contributed by atoms with Crippen LogP contribution in [0.4, 0.5) is 0 Å². The second kappa shape index (κ2) is 12.1. The topological polar surface area (TPSA) is 129 Å². The van der Waals surface area contributed by atoms with E-state index in [1.54, 1.807) is 18.2 Å². The molecule has 1 heterocycles. The molecule has 0 aromatic heterocycles. The van der Waals surface area contributed by atoms with Crippen molar-refractivity contribution < 1.29 is 34.2 Å². The van der Waals surface area contributed by atoms with Crippen LogP contribution < -0.4 is 0 Å². The van der Waals surface area contributed by atoms with E-state index in [0.29, 0.717) is 22.3 Å². The van der Waals surface area contributed by atoms with Gasteiger partial charge in [-0.05, 0) is 59.2 Å². The van der Waals surface area contributed by atoms with E-state index in [2.05, 4.69) is 0 Å². The number of Topliss-reactive ketones (excluding diaryl/α,β-unsaturated/α-hetero) is 1. The van der Waals surface area contributed by atoms with E-state index in [1.807, 2.05) is 84.9 Å². The van der Waals surface area contributed by atoms with Gasteiger partial charge in [0.1, 0.15) is 5.75 Å². The third-order valence-electron chi connectivity index (χ3n) is 11.5. The van der Waals surface area contributed by atoms with Crippen LogP contribution in [0.15, 0.2) is 115 Å². The number of aromatic hydroxyl groups is 1. The fraction of sp³-hybridized carbons (Fsp3) is 0.262. The third-order valence-corrected chi connectivity index (χ3v) is 11.5. The molecule has 2 amide bonds. The summed E-state index contributed by atoms with van der Waals surface area (Å²) in [6.07, 6.45) is 3.81. The fourth-order valence-electron chi connectivity index (χ4n) is 9.45. The molecule has 0 bridgehead atoms. The molecule has 3 aliphatic carbocycles. The van der Waals surface area contributed by atoms with Gasteiger partial charge in [0.05, 0.1) is 17.3 Å². The predicted octanol–water partition coefficient (Wildman–Crippen LogP) is 6.23. The zero-order valence-corrected chi connectivity index (χ0v) is 27.2. The van der Waals surface area contributed by atoms with Crippen molar-refractivity contribution in [1.29, 1.82) is 0 Å². The number of imide groups is 1. The summed E-state index contributed by atoms with van der Waals surface area (Å²) < 4.78 is 0. The van der Waals surface area contributed by atoms with E-state index in [4.69, 9.17) is 0 Å². The molecule has 1 saturated carbocycles. The molecule has 0 unspecified atom stereocenters. The van der Waals surface area contributed by atoms with E-state index in [9.17, 15) is 24.6 Å². The van der Waals surface area contributed by atoms with Crippen LogP contribution in [0, 0.1) is 23.7 Å². The van der Waals surface area contributed by atoms with E-state index >= 15 is 9.59 Å². The summed E-state index contributed by atoms with van der Waals surface area (Å²) in [5.74, 6) is -5.99. The number of benzene rings is 4. The number of carbonyl (C=O) groups is 5. The lowest BCUT2D eigenvalue weighted by Gasteiger charge is -2.55. The molecule has 4 aromatic carbocycles. The van der Waals surface area contributed by atoms with E-state index in [-0.39, 0.29) is 61.4 Å². The van der Waals surface area contributed by atoms with Crippen molar-refractivity contribution in [1.82, 2.24) is 4.90 Å². The number of likely N-dealkylation sites (tertiary alicyclic amines) is 1. The molecule has 1 saturated heterocycles. The second-order valence-electron chi connectivity index (χ2n) is 13.8. The Bertz CT molecular complexity index is 2150. The van der Waals surface area contributed by atoms with E-state index < -0.39 is 41.0 Å². The molecule has 4 aliphatic rings. The summed E-state index contributed by atoms with van der Waals surface area (Å²) in [5.41, 5.74) is 1.40. The first-order chi connectivity index (χ1) is 24.2. The van der Waals surface area contributed by atoms with Gasteiger partial charge in [-0.25, -0.2) is 0 Å². The summed E-state index contributed by atoms with van der Waals surface area (Å²) in [6, 6.07) is 29.4. The number of carbonyl (C=O) groups excluding carboxylic acids is 4. The van der Waals surface area contributed by atoms with Crippen molar-refractivity contribution in [3.8, 4) is 5.75 Å². The molecule has 250 valence electrons. The number of phenolic OH excluding ortho intramolecular Hbond substituents is 1. The Labute approximate surface area is 288 Å². The maximum Gasteiger partial charge on any atom is 0.303 e. The Morgan fingerprint density at radius 1 is 0.820 bits per heavy atom. The molecule has 50 heavy (non-hydrogen) atoms. The van der Waals surface area contributed by atoms with Gasteiger partial charge in [-0.1, -0.05) is 103 Å². The number of aliphatic carboxylic acids is 1. The van der Waals surface area contributed by atoms with Gasteiger partial charge in [0.25, 0.3) is 0 Å². The van der Waals surface area contributed by atoms with Crippen LogP contribution in [-0.2, 0) is 29.4 Å². The summed E-state index contributed by atoms with van der Waals surface area (Å²) in [5, 5.41) is 22.6. The molecule has 6 atom stereocenters. The van der Waals surface area contributed by atoms with Crippen molar-refractivity contribution in [2.45, 2.75) is 37.0 Å². The van der Waals surface area contributed by atoms with Gasteiger partial charge in [-0.15, -0.1) is 0 Å². The number of allylic oxidation sites excluding steroid dienone is 4. The number of carboxylic acid groups (broad SMARTS) is 1. The fourth-order valence-corrected chi connectivity index (χ4v) is 9.45. The molecule has 2 N–H and O–H groups in total. The zero-order chi connectivity index (χ0) is 34.7. The molecule has 8 rings (SSSR count). The first-order valence-electron chi connectivity index (χ1n) is 17.1. The minimum Gasteiger partial charge on any atom is -0.508 e. The molecule has 8 heteroatoms. The summed E-state index contributed by atoms with van der Waals surface area (Å²) >= 11 is 0. The SMILES string of the molecule is O=C(O)CCCN1C(=O)[C@H]2[C@H](CC=C3[C@H]2C[C@H]2C(=O)C(c4ccccc4)=CC(=O)[C@@]2(c2ccccc2)[C@H]3c2c(O)ccc3ccccc23)C1=O. The number of amides is 2. The normalized spacial score (nSPS) is 27.4. The highest BCUT2D eigenvalue weighted by Crippen LogP contribution is 2.65. The minimum absolute atomic E-state index is 0.00223. The Kier molecular flexibility index (Phi) is 7.62. The van der Waals surface area contributed by atoms with Gasteiger partial charge in [0.15, 0.2) is 11.6 Å². The van der Waals surface area contributed by atoms with Crippen LogP contribution in [0.2, 0.25) is 0 Å². The maximum atomic E-state index is 15.2. The van der Waals surface area contributed by atoms with Crippen LogP contribution in [0.25, 0.3) is 16.3 Å². The van der Waals surface area contributed by atoms with Gasteiger partial charge in [-0.3, -0.25) is 28.9 Å². The van der Waals surface area contributed by atoms with Gasteiger partial charge in [-0.2, -0.15) is 0 Å². The lowest BCUT2D eigenvalue weighted by molar-refractivity contribution is -0.142. The van der Waals surface area contributed by atoms with Crippen LogP contribution in [-0.4, -0.2) is 51.0 Å². The van der Waals surface area contributed by atoms with Crippen LogP contribution in [0.5, 0.6) is 5.75 Å². The summed E-state index contributed by atoms with van der Waals surface area (Å²) in [4.78, 5) is 70.8. The van der Waals surface area contributed by atoms with E-state index in [0.717, 1.165) is 16.3 Å². The van der Waals surface area contributed by atoms with Gasteiger partial charge in [0, 0.05) is 35.9 Å². The molecule has 1 aliphatic heterocycles. The number of hydrogen-bond acceptors (Lipinski definition) is 6. The molecule has 4 aromatic rings. The number of hydrogen-bond donors (Lipinski definition) is 2. The van der Waals surface area contributed by atoms with E-state index in [1.165, 1.54) is 11.0 Å². The highest BCUT2D eigenvalue weighted by Gasteiger charge is 2.66. The van der Waals surface area contributed by atoms with Crippen molar-refractivity contribution in [3.63, 3.8) is 0 Å². The number of carboxylic acids is 1. The van der Waals surface area contributed by atoms with Gasteiger partial charge < -0.3 is 10.2 Å². The lowest BCUT2D eigenvalue weighted by atomic mass is 9.44. The van der Waals surface area contributed by atoms with Crippen LogP contribution in [0.3, 0.4) is 0 Å². The largest absolute Gasteiger partial charge is 0.508 e. The monoisotopic (exact) mass is 665 g/mol. The van der Waals surface area contributed by atoms with Crippen molar-refractivity contribution in [2.75, 3.05) is 6.54 Å². The number of phenols is 1. The molecular formula is C42H35NO7. The Balaban J connectivity index is 1.38. The Hall–Kier alpha value is -5.63. The lowest BCUT2D eigenvalue weighted by Crippen LogP contribution is -2.58. The highest BCUT2D eigenvalue weighted by atomic mass is 16.4. The average molecular weight is 666 g/mol. The van der Waals surface area contributed by atoms with Gasteiger partial charge in [0.2, 0.25) is 11.8 Å². The average Bonchev–Trinajstić information content (AvgIpc) is 3.38. The minimum atomic E-state index is -1.46. The number of fused-ring (bicyclic) bond motifs is 5. The third kappa shape index (κ3) is 4.61. The Morgan fingerprint density at radius 3 is 2.26 bits per heavy atom. The van der Waals surface area contributed by atoms with Crippen LogP contribution >= 0.6 is 0 Å². The first kappa shape index (κ1) is 31.6. The number of rotatable bonds is 7. The quantitative estimate of drug-likeness (QED) is 0.177. The second-order valence-corrected chi connectivity index (χ2v) is 13.8. The molecule has 2 fully saturated rings. The molecule has 0 spiro atoms. The van der Waals surface area contributed by atoms with Crippen molar-refractivity contribution >= 4 is 45.7 Å². The predicted molar refractivity (Wildman–Crippen MR) is 186 cm³/mol. The molecule has 0 radical (unpaired) electrons. The number of nitrogens with zero attached hydrogens (tertiary/aromatic N) is 1.